The first-order chi connectivity index (χ1) is 40.4. The molecule has 3 saturated heterocycles. The molecule has 8 saturated carbocycles. The summed E-state index contributed by atoms with van der Waals surface area (Å²) in [4.78, 5) is 59.2. The zero-order chi connectivity index (χ0) is 67.4. The monoisotopic (exact) mass is 1310 g/mol. The van der Waals surface area contributed by atoms with Crippen LogP contribution in [-0.2, 0) is 76.1 Å². The molecule has 16 nitrogen and oxygen atoms in total. The molecule has 3 aliphatic heterocycles. The van der Waals surface area contributed by atoms with Crippen molar-refractivity contribution < 1.29 is 142 Å². The Morgan fingerprint density at radius 1 is 0.461 bits per heavy atom. The maximum absolute atomic E-state index is 13.7. The first kappa shape index (κ1) is 73.1. The number of carbonyl (C=O) groups excluding carboxylic acids is 5. The lowest BCUT2D eigenvalue weighted by atomic mass is 9.48. The zero-order valence-electron chi connectivity index (χ0n) is 49.9. The summed E-state index contributed by atoms with van der Waals surface area (Å²) in [5, 5.41) is 0. The van der Waals surface area contributed by atoms with Gasteiger partial charge < -0.3 is 52.1 Å². The quantitative estimate of drug-likeness (QED) is 0.0776. The summed E-state index contributed by atoms with van der Waals surface area (Å²) in [6.45, 7) is 12.5. The highest BCUT2D eigenvalue weighted by Crippen LogP contribution is 2.65. The molecular weight excluding hydrogens is 1240 g/mol. The zero-order valence-corrected chi connectivity index (χ0v) is 49.9. The van der Waals surface area contributed by atoms with Gasteiger partial charge in [-0.25, -0.2) is 19.2 Å². The number of halogens is 15. The Morgan fingerprint density at radius 3 is 1.16 bits per heavy atom. The van der Waals surface area contributed by atoms with Crippen molar-refractivity contribution in [3.05, 3.63) is 48.6 Å². The van der Waals surface area contributed by atoms with Gasteiger partial charge in [0.25, 0.3) is 0 Å². The van der Waals surface area contributed by atoms with Crippen LogP contribution in [0.1, 0.15) is 119 Å². The van der Waals surface area contributed by atoms with Crippen LogP contribution in [0.2, 0.25) is 0 Å². The summed E-state index contributed by atoms with van der Waals surface area (Å²) < 4.78 is 252. The van der Waals surface area contributed by atoms with E-state index in [2.05, 4.69) is 45.3 Å². The molecule has 11 rings (SSSR count). The summed E-state index contributed by atoms with van der Waals surface area (Å²) in [5.74, 6) is -34.7. The highest BCUT2D eigenvalue weighted by atomic mass is 19.4. The Bertz CT molecular complexity index is 2640. The molecule has 89 heavy (non-hydrogen) atoms. The first-order valence-corrected chi connectivity index (χ1v) is 28.2. The van der Waals surface area contributed by atoms with Crippen molar-refractivity contribution in [2.45, 2.75) is 195 Å². The second kappa shape index (κ2) is 25.5. The van der Waals surface area contributed by atoms with Crippen LogP contribution in [0.4, 0.5) is 65.9 Å². The second-order valence-electron chi connectivity index (χ2n) is 25.5. The topological polar surface area (TPSA) is 187 Å². The fourth-order valence-corrected chi connectivity index (χ4v) is 12.9. The van der Waals surface area contributed by atoms with Crippen molar-refractivity contribution in [2.24, 2.45) is 35.0 Å². The van der Waals surface area contributed by atoms with Crippen LogP contribution in [0.3, 0.4) is 0 Å². The van der Waals surface area contributed by atoms with E-state index < -0.39 is 164 Å². The average Bonchev–Trinajstić information content (AvgIpc) is 1.59. The SMILES string of the molecule is C=C(C)C(=O)OC(C)C(F)(F)F.C=C(C)C(=O)OC12CC3CC(C1)C1(OCC(F)(F)C(F)(F)CO1)C(C3)C2.C=C(C)C(=O)OC12CC3CC(C1)CC(C(=O)OCC1(C)OCC(F)(F)C(F)(F)CO1)(C3)C2.C=C(C)C(=O)OCC1(C)OCC(F)(F)C(F)(F)CO1. The predicted molar refractivity (Wildman–Crippen MR) is 276 cm³/mol. The summed E-state index contributed by atoms with van der Waals surface area (Å²) in [5.41, 5.74) is -1.75. The van der Waals surface area contributed by atoms with E-state index in [1.165, 1.54) is 20.8 Å². The van der Waals surface area contributed by atoms with E-state index in [0.29, 0.717) is 64.2 Å². The Morgan fingerprint density at radius 2 is 0.798 bits per heavy atom. The molecule has 0 N–H and O–H groups in total. The van der Waals surface area contributed by atoms with Crippen LogP contribution in [0.25, 0.3) is 0 Å². The Hall–Kier alpha value is -4.98. The van der Waals surface area contributed by atoms with Crippen LogP contribution in [0.15, 0.2) is 48.6 Å². The highest BCUT2D eigenvalue weighted by Gasteiger charge is 2.71. The van der Waals surface area contributed by atoms with Gasteiger partial charge in [-0.15, -0.1) is 0 Å². The van der Waals surface area contributed by atoms with E-state index >= 15 is 0 Å². The number of rotatable bonds is 12. The number of esters is 5. The fraction of sp³-hybridized carbons (Fsp3) is 0.776. The van der Waals surface area contributed by atoms with E-state index in [1.54, 1.807) is 13.8 Å². The van der Waals surface area contributed by atoms with Crippen LogP contribution in [0.5, 0.6) is 0 Å². The highest BCUT2D eigenvalue weighted by molar-refractivity contribution is 5.88. The molecule has 0 aromatic rings. The largest absolute Gasteiger partial charge is 0.460 e. The normalized spacial score (nSPS) is 33.1. The van der Waals surface area contributed by atoms with Crippen molar-refractivity contribution in [3.63, 3.8) is 0 Å². The summed E-state index contributed by atoms with van der Waals surface area (Å²) in [6, 6.07) is 0. The summed E-state index contributed by atoms with van der Waals surface area (Å²) in [6.07, 6.45) is -0.140. The molecule has 11 fully saturated rings. The minimum absolute atomic E-state index is 0.0499. The lowest BCUT2D eigenvalue weighted by Crippen LogP contribution is -2.66. The Kier molecular flexibility index (Phi) is 20.9. The first-order valence-electron chi connectivity index (χ1n) is 28.2. The number of ether oxygens (including phenoxy) is 11. The number of carbonyl (C=O) groups is 5. The minimum Gasteiger partial charge on any atom is -0.460 e. The van der Waals surface area contributed by atoms with Crippen molar-refractivity contribution in [1.82, 2.24) is 0 Å². The maximum atomic E-state index is 13.7. The summed E-state index contributed by atoms with van der Waals surface area (Å²) in [7, 11) is 0. The molecule has 1 spiro atoms. The standard InChI is InChI=1S/C22H28F4O6.C18H22F4O4.C11H14F4O4.C7H9F3O2/c1-13(2)16(27)32-20-7-14-4-15(8-20)6-19(5-14,9-20)17(28)29-10-18(3)30-11-21(23,24)22(25,26)12-31-18;1-10(2)14(23)26-15-5-11-3-12(6-15)18(13(4-11)7-15)24-8-16(19,20)17(21,22)9-25-18;1-7(2)8(16)17-4-9(3)18-5-10(12,13)11(14,15)6-19-9;1-4(2)6(11)12-5(3)7(8,9)10/h14-15H,1,4-12H2,2-3H3;11-13H,1,3-9H2,2H3;1,4-6H2,2-3H3;5H,1H2,2-3H3. The van der Waals surface area contributed by atoms with Gasteiger partial charge in [-0.1, -0.05) is 26.3 Å². The van der Waals surface area contributed by atoms with Gasteiger partial charge in [-0.3, -0.25) is 4.79 Å². The third-order valence-electron chi connectivity index (χ3n) is 17.2. The van der Waals surface area contributed by atoms with Gasteiger partial charge in [-0.05, 0) is 130 Å². The third kappa shape index (κ3) is 16.3. The van der Waals surface area contributed by atoms with E-state index in [-0.39, 0.29) is 51.9 Å². The van der Waals surface area contributed by atoms with Gasteiger partial charge in [-0.2, -0.15) is 65.9 Å². The molecule has 8 bridgehead atoms. The van der Waals surface area contributed by atoms with Crippen molar-refractivity contribution >= 4 is 29.8 Å². The van der Waals surface area contributed by atoms with E-state index in [0.717, 1.165) is 20.3 Å². The van der Waals surface area contributed by atoms with Crippen LogP contribution in [0, 0.1) is 35.0 Å². The summed E-state index contributed by atoms with van der Waals surface area (Å²) >= 11 is 0. The van der Waals surface area contributed by atoms with Gasteiger partial charge in [0.2, 0.25) is 11.6 Å². The smallest absolute Gasteiger partial charge is 0.425 e. The fourth-order valence-electron chi connectivity index (χ4n) is 12.9. The lowest BCUT2D eigenvalue weighted by molar-refractivity contribution is -0.354. The van der Waals surface area contributed by atoms with Gasteiger partial charge >= 0.3 is 71.6 Å². The molecule has 0 amide bonds. The van der Waals surface area contributed by atoms with E-state index in [4.69, 9.17) is 33.2 Å². The van der Waals surface area contributed by atoms with Crippen LogP contribution in [-0.4, -0.2) is 159 Å². The number of hydrogen-bond acceptors (Lipinski definition) is 16. The second-order valence-corrected chi connectivity index (χ2v) is 25.5. The third-order valence-corrected chi connectivity index (χ3v) is 17.2. The van der Waals surface area contributed by atoms with Crippen LogP contribution >= 0.6 is 0 Å². The minimum atomic E-state index is -4.51. The predicted octanol–water partition coefficient (Wildman–Crippen LogP) is 11.9. The van der Waals surface area contributed by atoms with Gasteiger partial charge in [0, 0.05) is 40.5 Å². The van der Waals surface area contributed by atoms with Gasteiger partial charge in [0.15, 0.2) is 11.9 Å². The molecule has 31 heteroatoms. The molecular formula is C58H73F15O16. The van der Waals surface area contributed by atoms with Crippen molar-refractivity contribution in [3.8, 4) is 0 Å². The molecule has 506 valence electrons. The Balaban J connectivity index is 0.000000200. The molecule has 8 aliphatic carbocycles. The molecule has 5 atom stereocenters. The van der Waals surface area contributed by atoms with Gasteiger partial charge in [0.1, 0.15) is 64.1 Å². The maximum Gasteiger partial charge on any atom is 0.425 e. The van der Waals surface area contributed by atoms with Crippen LogP contribution < -0.4 is 0 Å². The van der Waals surface area contributed by atoms with Crippen molar-refractivity contribution in [1.29, 1.82) is 0 Å². The molecule has 11 aliphatic rings. The molecule has 0 aromatic carbocycles. The van der Waals surface area contributed by atoms with Gasteiger partial charge in [0.05, 0.1) is 5.41 Å². The molecule has 0 aromatic heterocycles. The Labute approximate surface area is 502 Å². The molecule has 3 heterocycles. The molecule has 5 unspecified atom stereocenters. The lowest BCUT2D eigenvalue weighted by Gasteiger charge is -2.63. The van der Waals surface area contributed by atoms with Crippen molar-refractivity contribution in [2.75, 3.05) is 52.9 Å². The number of alkyl halides is 15. The van der Waals surface area contributed by atoms with E-state index in [9.17, 15) is 89.8 Å². The average molecular weight is 1310 g/mol. The molecule has 0 radical (unpaired) electrons. The number of hydrogen-bond donors (Lipinski definition) is 0. The van der Waals surface area contributed by atoms with E-state index in [1.807, 2.05) is 0 Å².